The van der Waals surface area contributed by atoms with Gasteiger partial charge in [0.15, 0.2) is 11.0 Å². The minimum Gasteiger partial charge on any atom is -0.467 e. The molecule has 0 saturated heterocycles. The number of pyridine rings is 1. The molecule has 8 heteroatoms. The molecule has 0 bridgehead atoms. The highest BCUT2D eigenvalue weighted by molar-refractivity contribution is 7.98. The molecule has 7 nitrogen and oxygen atoms in total. The lowest BCUT2D eigenvalue weighted by atomic mass is 10.1. The summed E-state index contributed by atoms with van der Waals surface area (Å²) in [5.74, 6) is 2.04. The number of furan rings is 1. The van der Waals surface area contributed by atoms with Gasteiger partial charge in [0.1, 0.15) is 5.76 Å². The molecule has 1 N–H and O–H groups in total. The van der Waals surface area contributed by atoms with E-state index >= 15 is 0 Å². The van der Waals surface area contributed by atoms with E-state index in [0.717, 1.165) is 33.6 Å². The number of thioether (sulfide) groups is 1. The molecule has 3 aromatic heterocycles. The highest BCUT2D eigenvalue weighted by Gasteiger charge is 2.16. The Bertz CT molecular complexity index is 1400. The lowest BCUT2D eigenvalue weighted by Crippen LogP contribution is -2.22. The van der Waals surface area contributed by atoms with Crippen LogP contribution in [0.4, 0.5) is 0 Å². The maximum atomic E-state index is 12.4. The Hall–Kier alpha value is -4.17. The number of carbonyl (C=O) groups excluding carboxylic acids is 1. The summed E-state index contributed by atoms with van der Waals surface area (Å²) < 4.78 is 7.32. The van der Waals surface area contributed by atoms with E-state index in [1.807, 2.05) is 42.5 Å². The summed E-state index contributed by atoms with van der Waals surface area (Å²) in [7, 11) is 0. The minimum absolute atomic E-state index is 0.137. The van der Waals surface area contributed by atoms with Crippen LogP contribution in [0.3, 0.4) is 0 Å². The van der Waals surface area contributed by atoms with Gasteiger partial charge in [0.05, 0.1) is 12.8 Å². The van der Waals surface area contributed by atoms with Crippen LogP contribution in [0.5, 0.6) is 0 Å². The lowest BCUT2D eigenvalue weighted by molar-refractivity contribution is 0.0948. The molecule has 5 rings (SSSR count). The van der Waals surface area contributed by atoms with Gasteiger partial charge in [-0.2, -0.15) is 0 Å². The second kappa shape index (κ2) is 10.4. The standard InChI is InChI=1S/C27H23N5O2S/c1-19-4-10-23(11-5-19)32-25(21-12-14-28-15-13-21)30-31-27(32)35-18-20-6-8-22(9-7-20)26(33)29-17-24-3-2-16-34-24/h2-16H,17-18H2,1H3,(H,29,33). The lowest BCUT2D eigenvalue weighted by Gasteiger charge is -2.11. The van der Waals surface area contributed by atoms with Gasteiger partial charge in [-0.25, -0.2) is 0 Å². The summed E-state index contributed by atoms with van der Waals surface area (Å²) in [6.45, 7) is 2.42. The second-order valence-corrected chi connectivity index (χ2v) is 8.90. The topological polar surface area (TPSA) is 85.8 Å². The SMILES string of the molecule is Cc1ccc(-n2c(SCc3ccc(C(=O)NCc4ccco4)cc3)nnc2-c2ccncc2)cc1. The van der Waals surface area contributed by atoms with Crippen LogP contribution in [0.2, 0.25) is 0 Å². The molecule has 3 heterocycles. The largest absolute Gasteiger partial charge is 0.467 e. The van der Waals surface area contributed by atoms with Crippen molar-refractivity contribution in [2.75, 3.05) is 0 Å². The van der Waals surface area contributed by atoms with Crippen molar-refractivity contribution in [3.8, 4) is 17.1 Å². The minimum atomic E-state index is -0.137. The third-order valence-electron chi connectivity index (χ3n) is 5.45. The van der Waals surface area contributed by atoms with E-state index < -0.39 is 0 Å². The van der Waals surface area contributed by atoms with Crippen LogP contribution in [-0.4, -0.2) is 25.7 Å². The summed E-state index contributed by atoms with van der Waals surface area (Å²) in [5.41, 5.74) is 4.83. The fourth-order valence-electron chi connectivity index (χ4n) is 3.56. The van der Waals surface area contributed by atoms with E-state index in [9.17, 15) is 4.79 Å². The molecule has 0 spiro atoms. The number of aromatic nitrogens is 4. The molecule has 0 aliphatic rings. The van der Waals surface area contributed by atoms with Gasteiger partial charge in [-0.3, -0.25) is 14.3 Å². The number of aryl methyl sites for hydroxylation is 1. The molecule has 0 aliphatic carbocycles. The van der Waals surface area contributed by atoms with Crippen molar-refractivity contribution in [3.63, 3.8) is 0 Å². The second-order valence-electron chi connectivity index (χ2n) is 7.96. The van der Waals surface area contributed by atoms with E-state index in [0.29, 0.717) is 17.9 Å². The van der Waals surface area contributed by atoms with Crippen molar-refractivity contribution in [1.29, 1.82) is 0 Å². The van der Waals surface area contributed by atoms with Crippen LogP contribution in [0.15, 0.2) is 101 Å². The predicted molar refractivity (Wildman–Crippen MR) is 135 cm³/mol. The molecule has 2 aromatic carbocycles. The third kappa shape index (κ3) is 5.33. The quantitative estimate of drug-likeness (QED) is 0.297. The molecular formula is C27H23N5O2S. The van der Waals surface area contributed by atoms with Crippen LogP contribution < -0.4 is 5.32 Å². The summed E-state index contributed by atoms with van der Waals surface area (Å²) in [5, 5.41) is 12.6. The maximum absolute atomic E-state index is 12.4. The zero-order valence-corrected chi connectivity index (χ0v) is 19.9. The van der Waals surface area contributed by atoms with Gasteiger partial charge in [-0.1, -0.05) is 41.6 Å². The summed E-state index contributed by atoms with van der Waals surface area (Å²) >= 11 is 1.60. The van der Waals surface area contributed by atoms with Gasteiger partial charge in [0.25, 0.3) is 5.91 Å². The van der Waals surface area contributed by atoms with Gasteiger partial charge in [0, 0.05) is 35.0 Å². The highest BCUT2D eigenvalue weighted by atomic mass is 32.2. The molecule has 0 fully saturated rings. The van der Waals surface area contributed by atoms with Gasteiger partial charge < -0.3 is 9.73 Å². The van der Waals surface area contributed by atoms with Crippen LogP contribution in [0.25, 0.3) is 17.1 Å². The number of nitrogens with one attached hydrogen (secondary N) is 1. The Morgan fingerprint density at radius 2 is 1.74 bits per heavy atom. The fourth-order valence-corrected chi connectivity index (χ4v) is 4.47. The normalized spacial score (nSPS) is 10.9. The third-order valence-corrected chi connectivity index (χ3v) is 6.45. The van der Waals surface area contributed by atoms with E-state index in [1.54, 1.807) is 36.5 Å². The van der Waals surface area contributed by atoms with Gasteiger partial charge in [-0.05, 0) is 61.0 Å². The van der Waals surface area contributed by atoms with E-state index in [4.69, 9.17) is 4.42 Å². The first kappa shape index (κ1) is 22.6. The summed E-state index contributed by atoms with van der Waals surface area (Å²) in [4.78, 5) is 16.5. The Kier molecular flexibility index (Phi) is 6.72. The van der Waals surface area contributed by atoms with Crippen molar-refractivity contribution in [2.24, 2.45) is 0 Å². The Morgan fingerprint density at radius 1 is 0.971 bits per heavy atom. The summed E-state index contributed by atoms with van der Waals surface area (Å²) in [6, 6.07) is 23.4. The molecule has 0 radical (unpaired) electrons. The molecule has 0 saturated carbocycles. The van der Waals surface area contributed by atoms with Gasteiger partial charge in [-0.15, -0.1) is 10.2 Å². The molecular weight excluding hydrogens is 458 g/mol. The first-order chi connectivity index (χ1) is 17.2. The van der Waals surface area contributed by atoms with Crippen LogP contribution >= 0.6 is 11.8 Å². The smallest absolute Gasteiger partial charge is 0.251 e. The Morgan fingerprint density at radius 3 is 2.46 bits per heavy atom. The predicted octanol–water partition coefficient (Wildman–Crippen LogP) is 5.45. The number of rotatable bonds is 8. The molecule has 0 unspecified atom stereocenters. The fraction of sp³-hybridized carbons (Fsp3) is 0.111. The average Bonchev–Trinajstić information content (AvgIpc) is 3.58. The molecule has 0 atom stereocenters. The molecule has 0 aliphatic heterocycles. The zero-order valence-electron chi connectivity index (χ0n) is 19.1. The zero-order chi connectivity index (χ0) is 24.0. The highest BCUT2D eigenvalue weighted by Crippen LogP contribution is 2.29. The van der Waals surface area contributed by atoms with Crippen LogP contribution in [0.1, 0.15) is 27.2 Å². The van der Waals surface area contributed by atoms with Crippen molar-refractivity contribution in [2.45, 2.75) is 24.4 Å². The van der Waals surface area contributed by atoms with Crippen molar-refractivity contribution in [3.05, 3.63) is 114 Å². The van der Waals surface area contributed by atoms with Crippen molar-refractivity contribution < 1.29 is 9.21 Å². The van der Waals surface area contributed by atoms with Crippen LogP contribution in [-0.2, 0) is 12.3 Å². The van der Waals surface area contributed by atoms with Gasteiger partial charge >= 0.3 is 0 Å². The number of hydrogen-bond acceptors (Lipinski definition) is 6. The van der Waals surface area contributed by atoms with E-state index in [1.165, 1.54) is 5.56 Å². The summed E-state index contributed by atoms with van der Waals surface area (Å²) in [6.07, 6.45) is 5.10. The molecule has 5 aromatic rings. The molecule has 174 valence electrons. The number of hydrogen-bond donors (Lipinski definition) is 1. The van der Waals surface area contributed by atoms with E-state index in [-0.39, 0.29) is 5.91 Å². The number of nitrogens with zero attached hydrogens (tertiary/aromatic N) is 4. The van der Waals surface area contributed by atoms with E-state index in [2.05, 4.69) is 56.3 Å². The number of amides is 1. The van der Waals surface area contributed by atoms with Crippen molar-refractivity contribution in [1.82, 2.24) is 25.1 Å². The van der Waals surface area contributed by atoms with Crippen LogP contribution in [0, 0.1) is 6.92 Å². The monoisotopic (exact) mass is 481 g/mol. The first-order valence-electron chi connectivity index (χ1n) is 11.1. The average molecular weight is 482 g/mol. The Balaban J connectivity index is 1.32. The maximum Gasteiger partial charge on any atom is 0.251 e. The molecule has 35 heavy (non-hydrogen) atoms. The Labute approximate surface area is 207 Å². The number of benzene rings is 2. The van der Waals surface area contributed by atoms with Gasteiger partial charge in [0.2, 0.25) is 0 Å². The van der Waals surface area contributed by atoms with Crippen molar-refractivity contribution >= 4 is 17.7 Å². The first-order valence-corrected chi connectivity index (χ1v) is 12.1. The molecule has 1 amide bonds. The number of carbonyl (C=O) groups is 1.